The molecule has 1 saturated heterocycles. The normalized spacial score (nSPS) is 25.9. The number of hydrogen-bond donors (Lipinski definition) is 1. The minimum absolute atomic E-state index is 0.0107. The predicted molar refractivity (Wildman–Crippen MR) is 71.2 cm³/mol. The van der Waals surface area contributed by atoms with Crippen molar-refractivity contribution in [3.63, 3.8) is 0 Å². The van der Waals surface area contributed by atoms with Crippen LogP contribution in [-0.4, -0.2) is 61.4 Å². The Bertz CT molecular complexity index is 355. The van der Waals surface area contributed by atoms with Gasteiger partial charge in [-0.25, -0.2) is 0 Å². The summed E-state index contributed by atoms with van der Waals surface area (Å²) in [4.78, 5) is 24.9. The second-order valence-electron chi connectivity index (χ2n) is 5.49. The molecule has 1 heterocycles. The lowest BCUT2D eigenvalue weighted by Gasteiger charge is -2.16. The van der Waals surface area contributed by atoms with E-state index in [-0.39, 0.29) is 18.4 Å². The third-order valence-electron chi connectivity index (χ3n) is 4.06. The molecule has 2 rings (SSSR count). The van der Waals surface area contributed by atoms with E-state index in [1.165, 1.54) is 0 Å². The number of rotatable bonds is 8. The molecular formula is C14H23NO5. The quantitative estimate of drug-likeness (QED) is 0.661. The second-order valence-corrected chi connectivity index (χ2v) is 5.49. The smallest absolute Gasteiger partial charge is 0.308 e. The van der Waals surface area contributed by atoms with Crippen LogP contribution in [0.25, 0.3) is 0 Å². The van der Waals surface area contributed by atoms with E-state index in [4.69, 9.17) is 9.47 Å². The summed E-state index contributed by atoms with van der Waals surface area (Å²) in [5.74, 6) is -0.687. The number of likely N-dealkylation sites (tertiary alicyclic amines) is 1. The van der Waals surface area contributed by atoms with E-state index >= 15 is 0 Å². The Morgan fingerprint density at radius 3 is 2.50 bits per heavy atom. The predicted octanol–water partition coefficient (Wildman–Crippen LogP) is 0.609. The molecule has 2 aliphatic rings. The molecule has 0 unspecified atom stereocenters. The van der Waals surface area contributed by atoms with Gasteiger partial charge in [0.15, 0.2) is 0 Å². The van der Waals surface area contributed by atoms with Crippen LogP contribution in [0.2, 0.25) is 0 Å². The standard InChI is InChI=1S/C14H23NO5/c1-2-19-5-6-20-9-13(16)15-7-11(10-3-4-10)12(8-15)14(17)18/h10-12H,2-9H2,1H3,(H,17,18)/t11-,12+/m1/s1. The van der Waals surface area contributed by atoms with Crippen LogP contribution in [0.5, 0.6) is 0 Å². The molecule has 0 radical (unpaired) electrons. The Balaban J connectivity index is 1.75. The molecule has 114 valence electrons. The Kier molecular flexibility index (Phi) is 5.37. The molecule has 2 atom stereocenters. The summed E-state index contributed by atoms with van der Waals surface area (Å²) in [5, 5.41) is 9.25. The van der Waals surface area contributed by atoms with Gasteiger partial charge in [-0.1, -0.05) is 0 Å². The zero-order valence-corrected chi connectivity index (χ0v) is 11.9. The molecule has 6 nitrogen and oxygen atoms in total. The highest BCUT2D eigenvalue weighted by Crippen LogP contribution is 2.44. The zero-order chi connectivity index (χ0) is 14.5. The number of amides is 1. The van der Waals surface area contributed by atoms with Gasteiger partial charge in [0.2, 0.25) is 5.91 Å². The molecule has 0 aromatic carbocycles. The Morgan fingerprint density at radius 2 is 1.90 bits per heavy atom. The topological polar surface area (TPSA) is 76.1 Å². The number of carboxylic acids is 1. The van der Waals surface area contributed by atoms with Gasteiger partial charge >= 0.3 is 5.97 Å². The Morgan fingerprint density at radius 1 is 1.20 bits per heavy atom. The number of carbonyl (C=O) groups is 2. The number of hydrogen-bond acceptors (Lipinski definition) is 4. The highest BCUT2D eigenvalue weighted by Gasteiger charge is 2.46. The average molecular weight is 285 g/mol. The van der Waals surface area contributed by atoms with Gasteiger partial charge in [0, 0.05) is 19.7 Å². The van der Waals surface area contributed by atoms with Gasteiger partial charge in [-0.05, 0) is 31.6 Å². The van der Waals surface area contributed by atoms with E-state index in [1.54, 1.807) is 4.90 Å². The summed E-state index contributed by atoms with van der Waals surface area (Å²) < 4.78 is 10.4. The Hall–Kier alpha value is -1.14. The van der Waals surface area contributed by atoms with Crippen LogP contribution < -0.4 is 0 Å². The summed E-state index contributed by atoms with van der Waals surface area (Å²) in [6.07, 6.45) is 2.20. The van der Waals surface area contributed by atoms with E-state index in [1.807, 2.05) is 6.92 Å². The van der Waals surface area contributed by atoms with Crippen molar-refractivity contribution in [1.82, 2.24) is 4.90 Å². The lowest BCUT2D eigenvalue weighted by molar-refractivity contribution is -0.143. The lowest BCUT2D eigenvalue weighted by Crippen LogP contribution is -2.33. The van der Waals surface area contributed by atoms with E-state index in [9.17, 15) is 14.7 Å². The molecule has 20 heavy (non-hydrogen) atoms. The molecule has 0 spiro atoms. The van der Waals surface area contributed by atoms with Crippen LogP contribution in [0.3, 0.4) is 0 Å². The van der Waals surface area contributed by atoms with Crippen LogP contribution in [0.4, 0.5) is 0 Å². The molecule has 1 amide bonds. The lowest BCUT2D eigenvalue weighted by atomic mass is 9.92. The van der Waals surface area contributed by atoms with Crippen LogP contribution in [0.1, 0.15) is 19.8 Å². The minimum atomic E-state index is -0.783. The fourth-order valence-corrected chi connectivity index (χ4v) is 2.81. The van der Waals surface area contributed by atoms with Crippen LogP contribution in [0.15, 0.2) is 0 Å². The molecule has 1 N–H and O–H groups in total. The number of aliphatic carboxylic acids is 1. The molecule has 2 fully saturated rings. The molecule has 1 aliphatic carbocycles. The van der Waals surface area contributed by atoms with Crippen molar-refractivity contribution in [3.8, 4) is 0 Å². The average Bonchev–Trinajstić information content (AvgIpc) is 3.16. The SMILES string of the molecule is CCOCCOCC(=O)N1C[C@H](C(=O)O)[C@@H](C2CC2)C1. The second kappa shape index (κ2) is 7.04. The van der Waals surface area contributed by atoms with Crippen LogP contribution in [0, 0.1) is 17.8 Å². The first-order valence-corrected chi connectivity index (χ1v) is 7.29. The molecule has 0 aromatic rings. The number of ether oxygens (including phenoxy) is 2. The first kappa shape index (κ1) is 15.3. The van der Waals surface area contributed by atoms with Crippen LogP contribution >= 0.6 is 0 Å². The Labute approximate surface area is 119 Å². The number of nitrogens with zero attached hydrogens (tertiary/aromatic N) is 1. The van der Waals surface area contributed by atoms with Gasteiger partial charge < -0.3 is 19.5 Å². The van der Waals surface area contributed by atoms with Gasteiger partial charge in [0.1, 0.15) is 6.61 Å². The third-order valence-corrected chi connectivity index (χ3v) is 4.06. The van der Waals surface area contributed by atoms with Crippen molar-refractivity contribution in [2.45, 2.75) is 19.8 Å². The maximum Gasteiger partial charge on any atom is 0.308 e. The first-order valence-electron chi connectivity index (χ1n) is 7.29. The molecule has 0 bridgehead atoms. The minimum Gasteiger partial charge on any atom is -0.481 e. The van der Waals surface area contributed by atoms with Crippen LogP contribution in [-0.2, 0) is 19.1 Å². The van der Waals surface area contributed by atoms with Crippen molar-refractivity contribution in [3.05, 3.63) is 0 Å². The summed E-state index contributed by atoms with van der Waals surface area (Å²) in [5.41, 5.74) is 0. The molecule has 1 saturated carbocycles. The van der Waals surface area contributed by atoms with E-state index < -0.39 is 11.9 Å². The van der Waals surface area contributed by atoms with Crippen molar-refractivity contribution in [2.75, 3.05) is 39.5 Å². The largest absolute Gasteiger partial charge is 0.481 e. The zero-order valence-electron chi connectivity index (χ0n) is 11.9. The van der Waals surface area contributed by atoms with Gasteiger partial charge in [-0.3, -0.25) is 9.59 Å². The van der Waals surface area contributed by atoms with Gasteiger partial charge in [0.05, 0.1) is 19.1 Å². The van der Waals surface area contributed by atoms with Crippen molar-refractivity contribution >= 4 is 11.9 Å². The molecule has 0 aromatic heterocycles. The van der Waals surface area contributed by atoms with E-state index in [0.29, 0.717) is 38.8 Å². The fourth-order valence-electron chi connectivity index (χ4n) is 2.81. The fraction of sp³-hybridized carbons (Fsp3) is 0.857. The van der Waals surface area contributed by atoms with Gasteiger partial charge in [-0.2, -0.15) is 0 Å². The highest BCUT2D eigenvalue weighted by molar-refractivity contribution is 5.80. The van der Waals surface area contributed by atoms with Crippen molar-refractivity contribution in [2.24, 2.45) is 17.8 Å². The molecular weight excluding hydrogens is 262 g/mol. The molecule has 1 aliphatic heterocycles. The molecule has 6 heteroatoms. The summed E-state index contributed by atoms with van der Waals surface area (Å²) >= 11 is 0. The summed E-state index contributed by atoms with van der Waals surface area (Å²) in [6, 6.07) is 0. The number of carbonyl (C=O) groups excluding carboxylic acids is 1. The summed E-state index contributed by atoms with van der Waals surface area (Å²) in [6.45, 7) is 4.30. The van der Waals surface area contributed by atoms with Gasteiger partial charge in [-0.15, -0.1) is 0 Å². The van der Waals surface area contributed by atoms with Gasteiger partial charge in [0.25, 0.3) is 0 Å². The van der Waals surface area contributed by atoms with Crippen molar-refractivity contribution in [1.29, 1.82) is 0 Å². The maximum atomic E-state index is 12.0. The van der Waals surface area contributed by atoms with Crippen molar-refractivity contribution < 1.29 is 24.2 Å². The third kappa shape index (κ3) is 3.93. The number of carboxylic acid groups (broad SMARTS) is 1. The van der Waals surface area contributed by atoms with E-state index in [0.717, 1.165) is 12.8 Å². The maximum absolute atomic E-state index is 12.0. The first-order chi connectivity index (χ1) is 9.63. The monoisotopic (exact) mass is 285 g/mol. The van der Waals surface area contributed by atoms with E-state index in [2.05, 4.69) is 0 Å². The highest BCUT2D eigenvalue weighted by atomic mass is 16.5. The summed E-state index contributed by atoms with van der Waals surface area (Å²) in [7, 11) is 0.